The van der Waals surface area contributed by atoms with E-state index in [2.05, 4.69) is 15.6 Å². The third-order valence-electron chi connectivity index (χ3n) is 3.60. The highest BCUT2D eigenvalue weighted by Gasteiger charge is 2.18. The first-order valence-corrected chi connectivity index (χ1v) is 9.58. The Hall–Kier alpha value is -2.02. The highest BCUT2D eigenvalue weighted by Crippen LogP contribution is 2.26. The predicted molar refractivity (Wildman–Crippen MR) is 108 cm³/mol. The maximum absolute atomic E-state index is 12.9. The molecule has 1 amide bonds. The van der Waals surface area contributed by atoms with Gasteiger partial charge in [0.05, 0.1) is 23.0 Å². The number of carbonyl (C=O) groups is 2. The first-order chi connectivity index (χ1) is 12.5. The van der Waals surface area contributed by atoms with E-state index in [9.17, 15) is 9.59 Å². The van der Waals surface area contributed by atoms with Crippen LogP contribution in [0.3, 0.4) is 0 Å². The first kappa shape index (κ1) is 18.8. The second-order valence-electron chi connectivity index (χ2n) is 5.45. The lowest BCUT2D eigenvalue weighted by Gasteiger charge is -2.12. The quantitative estimate of drug-likeness (QED) is 0.738. The molecule has 0 saturated carbocycles. The third kappa shape index (κ3) is 4.58. The molecule has 0 radical (unpaired) electrons. The number of hydrogen-bond acceptors (Lipinski definition) is 5. The summed E-state index contributed by atoms with van der Waals surface area (Å²) >= 11 is 13.5. The number of ketones is 1. The minimum atomic E-state index is -0.303. The zero-order valence-corrected chi connectivity index (χ0v) is 15.9. The van der Waals surface area contributed by atoms with Gasteiger partial charge in [-0.05, 0) is 30.3 Å². The Morgan fingerprint density at radius 1 is 1.15 bits per heavy atom. The number of benzene rings is 2. The Bertz CT molecular complexity index is 886. The van der Waals surface area contributed by atoms with E-state index >= 15 is 0 Å². The number of anilines is 1. The fourth-order valence-electron chi connectivity index (χ4n) is 2.40. The minimum Gasteiger partial charge on any atom is -0.363 e. The molecular weight excluding hydrogens is 393 g/mol. The van der Waals surface area contributed by atoms with Crippen LogP contribution in [0.4, 0.5) is 5.69 Å². The summed E-state index contributed by atoms with van der Waals surface area (Å²) in [4.78, 5) is 29.3. The van der Waals surface area contributed by atoms with Gasteiger partial charge in [0.1, 0.15) is 0 Å². The molecule has 2 aromatic carbocycles. The van der Waals surface area contributed by atoms with E-state index in [0.29, 0.717) is 26.9 Å². The van der Waals surface area contributed by atoms with E-state index in [4.69, 9.17) is 23.2 Å². The molecule has 0 saturated heterocycles. The van der Waals surface area contributed by atoms with Gasteiger partial charge in [-0.1, -0.05) is 47.1 Å². The topological polar surface area (TPSA) is 70.6 Å². The summed E-state index contributed by atoms with van der Waals surface area (Å²) in [5.74, 6) is -0.349. The molecule has 0 unspecified atom stereocenters. The lowest BCUT2D eigenvalue weighted by atomic mass is 10.0. The third-order valence-corrected chi connectivity index (χ3v) is 5.12. The number of thioether (sulfide) groups is 1. The molecule has 8 heteroatoms. The average molecular weight is 408 g/mol. The number of amides is 1. The highest BCUT2D eigenvalue weighted by atomic mass is 35.5. The van der Waals surface area contributed by atoms with Crippen molar-refractivity contribution in [1.29, 1.82) is 0 Å². The molecule has 0 bridgehead atoms. The smallest absolute Gasteiger partial charge is 0.234 e. The van der Waals surface area contributed by atoms with Crippen molar-refractivity contribution in [3.05, 3.63) is 63.6 Å². The number of amidine groups is 1. The molecule has 2 N–H and O–H groups in total. The Morgan fingerprint density at radius 2 is 1.96 bits per heavy atom. The van der Waals surface area contributed by atoms with Gasteiger partial charge >= 0.3 is 0 Å². The van der Waals surface area contributed by atoms with Crippen LogP contribution in [0.5, 0.6) is 0 Å². The van der Waals surface area contributed by atoms with Crippen molar-refractivity contribution < 1.29 is 9.59 Å². The van der Waals surface area contributed by atoms with Gasteiger partial charge in [-0.3, -0.25) is 14.6 Å². The van der Waals surface area contributed by atoms with E-state index < -0.39 is 0 Å². The molecule has 3 rings (SSSR count). The number of rotatable bonds is 5. The van der Waals surface area contributed by atoms with Crippen LogP contribution < -0.4 is 10.6 Å². The van der Waals surface area contributed by atoms with Crippen molar-refractivity contribution in [1.82, 2.24) is 5.32 Å². The van der Waals surface area contributed by atoms with Crippen LogP contribution in [-0.2, 0) is 4.79 Å². The number of nitrogens with one attached hydrogen (secondary N) is 2. The average Bonchev–Trinajstić information content (AvgIpc) is 3.15. The summed E-state index contributed by atoms with van der Waals surface area (Å²) < 4.78 is 0. The van der Waals surface area contributed by atoms with Crippen molar-refractivity contribution in [3.8, 4) is 0 Å². The molecule has 134 valence electrons. The molecule has 1 aliphatic heterocycles. The van der Waals surface area contributed by atoms with Crippen molar-refractivity contribution in [3.63, 3.8) is 0 Å². The lowest BCUT2D eigenvalue weighted by Crippen LogP contribution is -2.21. The van der Waals surface area contributed by atoms with Crippen molar-refractivity contribution >= 4 is 57.5 Å². The van der Waals surface area contributed by atoms with Gasteiger partial charge < -0.3 is 10.6 Å². The van der Waals surface area contributed by atoms with Crippen LogP contribution in [0.2, 0.25) is 10.0 Å². The number of aliphatic imine (C=N–C) groups is 1. The van der Waals surface area contributed by atoms with Crippen LogP contribution in [0.25, 0.3) is 0 Å². The van der Waals surface area contributed by atoms with Gasteiger partial charge in [0.15, 0.2) is 11.0 Å². The first-order valence-electron chi connectivity index (χ1n) is 7.84. The number of carbonyl (C=O) groups excluding carboxylic acids is 2. The molecule has 0 aliphatic carbocycles. The summed E-state index contributed by atoms with van der Waals surface area (Å²) in [7, 11) is 0. The van der Waals surface area contributed by atoms with Gasteiger partial charge in [0, 0.05) is 22.7 Å². The zero-order valence-electron chi connectivity index (χ0n) is 13.6. The number of hydrogen-bond donors (Lipinski definition) is 2. The van der Waals surface area contributed by atoms with Crippen LogP contribution in [-0.4, -0.2) is 35.7 Å². The van der Waals surface area contributed by atoms with E-state index in [-0.39, 0.29) is 17.4 Å². The highest BCUT2D eigenvalue weighted by molar-refractivity contribution is 8.14. The molecule has 1 heterocycles. The molecule has 0 aromatic heterocycles. The largest absolute Gasteiger partial charge is 0.363 e. The Labute approximate surface area is 165 Å². The molecule has 2 aromatic rings. The minimum absolute atomic E-state index is 0.189. The number of halogens is 2. The molecule has 0 fully saturated rings. The predicted octanol–water partition coefficient (Wildman–Crippen LogP) is 3.86. The molecule has 26 heavy (non-hydrogen) atoms. The maximum Gasteiger partial charge on any atom is 0.234 e. The second kappa shape index (κ2) is 8.58. The normalized spacial score (nSPS) is 13.1. The Morgan fingerprint density at radius 3 is 2.69 bits per heavy atom. The van der Waals surface area contributed by atoms with Gasteiger partial charge in [0.2, 0.25) is 5.91 Å². The summed E-state index contributed by atoms with van der Waals surface area (Å²) in [5.41, 5.74) is 1.04. The second-order valence-corrected chi connectivity index (χ2v) is 7.26. The van der Waals surface area contributed by atoms with Gasteiger partial charge in [-0.2, -0.15) is 0 Å². The van der Waals surface area contributed by atoms with Crippen LogP contribution in [0, 0.1) is 0 Å². The Kier molecular flexibility index (Phi) is 6.19. The molecule has 1 aliphatic rings. The van der Waals surface area contributed by atoms with Crippen molar-refractivity contribution in [2.24, 2.45) is 4.99 Å². The molecule has 5 nitrogen and oxygen atoms in total. The van der Waals surface area contributed by atoms with Crippen LogP contribution in [0.15, 0.2) is 47.5 Å². The monoisotopic (exact) mass is 407 g/mol. The van der Waals surface area contributed by atoms with E-state index in [1.54, 1.807) is 36.4 Å². The maximum atomic E-state index is 12.9. The molecular formula is C18H15Cl2N3O2S. The summed E-state index contributed by atoms with van der Waals surface area (Å²) in [6.07, 6.45) is 0. The standard InChI is InChI=1S/C18H15Cl2N3O2S/c19-11-5-6-15(23-16(24)10-26-18-21-7-8-22-18)13(9-11)17(25)12-3-1-2-4-14(12)20/h1-6,9H,7-8,10H2,(H,21,22)(H,23,24). The summed E-state index contributed by atoms with van der Waals surface area (Å²) in [6.45, 7) is 1.51. The molecule has 0 spiro atoms. The summed E-state index contributed by atoms with van der Waals surface area (Å²) in [6, 6.07) is 11.5. The molecule has 0 atom stereocenters. The van der Waals surface area contributed by atoms with Gasteiger partial charge in [-0.15, -0.1) is 0 Å². The van der Waals surface area contributed by atoms with E-state index in [0.717, 1.165) is 18.3 Å². The van der Waals surface area contributed by atoms with Gasteiger partial charge in [0.25, 0.3) is 0 Å². The van der Waals surface area contributed by atoms with Gasteiger partial charge in [-0.25, -0.2) is 0 Å². The van der Waals surface area contributed by atoms with Crippen LogP contribution in [0.1, 0.15) is 15.9 Å². The lowest BCUT2D eigenvalue weighted by molar-refractivity contribution is -0.113. The van der Waals surface area contributed by atoms with Crippen molar-refractivity contribution in [2.75, 3.05) is 24.2 Å². The van der Waals surface area contributed by atoms with E-state index in [1.807, 2.05) is 0 Å². The van der Waals surface area contributed by atoms with Crippen molar-refractivity contribution in [2.45, 2.75) is 0 Å². The number of nitrogens with zero attached hydrogens (tertiary/aromatic N) is 1. The van der Waals surface area contributed by atoms with Crippen LogP contribution >= 0.6 is 35.0 Å². The fraction of sp³-hybridized carbons (Fsp3) is 0.167. The zero-order chi connectivity index (χ0) is 18.5. The SMILES string of the molecule is O=C(CSC1=NCCN1)Nc1ccc(Cl)cc1C(=O)c1ccccc1Cl. The fourth-order valence-corrected chi connectivity index (χ4v) is 3.52. The Balaban J connectivity index is 1.78. The summed E-state index contributed by atoms with van der Waals surface area (Å²) in [5, 5.41) is 7.35. The van der Waals surface area contributed by atoms with E-state index in [1.165, 1.54) is 17.8 Å².